The Morgan fingerprint density at radius 3 is 2.44 bits per heavy atom. The average molecular weight is 338 g/mol. The third kappa shape index (κ3) is 4.42. The standard InChI is InChI=1S/C19H22N4O2/c1-12-10-16(12)19(25)22-11-17(20)13-2-4-14(5-3-13)18(24)23-15-6-8-21-9-7-15/h2-9,12,16-17H,10-11,20H2,1H3,(H,22,25)(H,21,23,24). The molecule has 1 aromatic heterocycles. The van der Waals surface area contributed by atoms with Crippen LogP contribution in [0.15, 0.2) is 48.8 Å². The minimum Gasteiger partial charge on any atom is -0.354 e. The number of nitrogens with two attached hydrogens (primary N) is 1. The number of carbonyl (C=O) groups excluding carboxylic acids is 2. The second kappa shape index (κ2) is 7.44. The molecule has 1 heterocycles. The third-order valence-corrected chi connectivity index (χ3v) is 4.48. The normalized spacial score (nSPS) is 19.8. The molecule has 0 spiro atoms. The summed E-state index contributed by atoms with van der Waals surface area (Å²) in [6, 6.07) is 10.3. The van der Waals surface area contributed by atoms with Gasteiger partial charge < -0.3 is 16.4 Å². The van der Waals surface area contributed by atoms with Gasteiger partial charge in [0, 0.05) is 42.1 Å². The summed E-state index contributed by atoms with van der Waals surface area (Å²) < 4.78 is 0. The van der Waals surface area contributed by atoms with Gasteiger partial charge in [-0.05, 0) is 42.2 Å². The molecule has 1 aliphatic carbocycles. The Morgan fingerprint density at radius 2 is 1.84 bits per heavy atom. The zero-order valence-electron chi connectivity index (χ0n) is 14.1. The first-order valence-corrected chi connectivity index (χ1v) is 8.39. The lowest BCUT2D eigenvalue weighted by molar-refractivity contribution is -0.122. The van der Waals surface area contributed by atoms with Crippen LogP contribution in [0.25, 0.3) is 0 Å². The van der Waals surface area contributed by atoms with E-state index in [-0.39, 0.29) is 23.8 Å². The van der Waals surface area contributed by atoms with E-state index in [0.29, 0.717) is 23.7 Å². The molecule has 0 aliphatic heterocycles. The number of aromatic nitrogens is 1. The van der Waals surface area contributed by atoms with Crippen molar-refractivity contribution in [1.82, 2.24) is 10.3 Å². The fourth-order valence-electron chi connectivity index (χ4n) is 2.67. The van der Waals surface area contributed by atoms with Crippen molar-refractivity contribution in [3.8, 4) is 0 Å². The third-order valence-electron chi connectivity index (χ3n) is 4.48. The molecule has 1 aliphatic rings. The lowest BCUT2D eigenvalue weighted by Crippen LogP contribution is -2.33. The molecule has 2 aromatic rings. The van der Waals surface area contributed by atoms with Gasteiger partial charge in [0.1, 0.15) is 0 Å². The lowest BCUT2D eigenvalue weighted by atomic mass is 10.0. The topological polar surface area (TPSA) is 97.1 Å². The summed E-state index contributed by atoms with van der Waals surface area (Å²) in [5, 5.41) is 5.70. The number of benzene rings is 1. The molecular weight excluding hydrogens is 316 g/mol. The van der Waals surface area contributed by atoms with Crippen LogP contribution in [0.2, 0.25) is 0 Å². The summed E-state index contributed by atoms with van der Waals surface area (Å²) >= 11 is 0. The summed E-state index contributed by atoms with van der Waals surface area (Å²) in [6.07, 6.45) is 4.20. The van der Waals surface area contributed by atoms with Crippen LogP contribution < -0.4 is 16.4 Å². The summed E-state index contributed by atoms with van der Waals surface area (Å²) in [5.74, 6) is 0.513. The predicted molar refractivity (Wildman–Crippen MR) is 95.8 cm³/mol. The minimum absolute atomic E-state index is 0.0799. The smallest absolute Gasteiger partial charge is 0.255 e. The molecule has 1 saturated carbocycles. The number of anilines is 1. The molecule has 25 heavy (non-hydrogen) atoms. The van der Waals surface area contributed by atoms with E-state index in [2.05, 4.69) is 22.5 Å². The van der Waals surface area contributed by atoms with Gasteiger partial charge >= 0.3 is 0 Å². The Labute approximate surface area is 146 Å². The predicted octanol–water partition coefficient (Wildman–Crippen LogP) is 2.11. The molecule has 3 atom stereocenters. The summed E-state index contributed by atoms with van der Waals surface area (Å²) in [7, 11) is 0. The molecule has 0 saturated heterocycles. The molecule has 3 rings (SSSR count). The summed E-state index contributed by atoms with van der Waals surface area (Å²) in [5.41, 5.74) is 8.24. The number of amides is 2. The molecule has 2 amide bonds. The fraction of sp³-hybridized carbons (Fsp3) is 0.316. The van der Waals surface area contributed by atoms with E-state index in [1.807, 2.05) is 12.1 Å². The van der Waals surface area contributed by atoms with E-state index in [9.17, 15) is 9.59 Å². The van der Waals surface area contributed by atoms with Crippen LogP contribution in [-0.4, -0.2) is 23.3 Å². The van der Waals surface area contributed by atoms with Crippen LogP contribution >= 0.6 is 0 Å². The van der Waals surface area contributed by atoms with Gasteiger partial charge in [-0.2, -0.15) is 0 Å². The molecule has 1 aromatic carbocycles. The first-order valence-electron chi connectivity index (χ1n) is 8.39. The van der Waals surface area contributed by atoms with Crippen LogP contribution in [0.4, 0.5) is 5.69 Å². The molecule has 0 radical (unpaired) electrons. The van der Waals surface area contributed by atoms with Gasteiger partial charge in [-0.3, -0.25) is 14.6 Å². The van der Waals surface area contributed by atoms with Crippen molar-refractivity contribution < 1.29 is 9.59 Å². The quantitative estimate of drug-likeness (QED) is 0.751. The van der Waals surface area contributed by atoms with Crippen molar-refractivity contribution >= 4 is 17.5 Å². The van der Waals surface area contributed by atoms with Crippen molar-refractivity contribution in [1.29, 1.82) is 0 Å². The largest absolute Gasteiger partial charge is 0.354 e. The first-order chi connectivity index (χ1) is 12.0. The van der Waals surface area contributed by atoms with Crippen LogP contribution in [0, 0.1) is 11.8 Å². The molecular formula is C19H22N4O2. The second-order valence-corrected chi connectivity index (χ2v) is 6.48. The van der Waals surface area contributed by atoms with E-state index in [1.165, 1.54) is 0 Å². The van der Waals surface area contributed by atoms with Crippen molar-refractivity contribution in [2.45, 2.75) is 19.4 Å². The number of carbonyl (C=O) groups is 2. The van der Waals surface area contributed by atoms with Crippen LogP contribution in [0.3, 0.4) is 0 Å². The summed E-state index contributed by atoms with van der Waals surface area (Å²) in [4.78, 5) is 28.0. The maximum atomic E-state index is 12.2. The average Bonchev–Trinajstić information content (AvgIpc) is 3.37. The number of pyridine rings is 1. The zero-order valence-corrected chi connectivity index (χ0v) is 14.1. The molecule has 6 nitrogen and oxygen atoms in total. The first kappa shape index (κ1) is 17.1. The molecule has 6 heteroatoms. The SMILES string of the molecule is CC1CC1C(=O)NCC(N)c1ccc(C(=O)Nc2ccncc2)cc1. The van der Waals surface area contributed by atoms with Crippen LogP contribution in [0.5, 0.6) is 0 Å². The summed E-state index contributed by atoms with van der Waals surface area (Å²) in [6.45, 7) is 2.46. The van der Waals surface area contributed by atoms with E-state index in [4.69, 9.17) is 5.73 Å². The Balaban J connectivity index is 1.54. The number of hydrogen-bond donors (Lipinski definition) is 3. The van der Waals surface area contributed by atoms with Gasteiger partial charge in [-0.15, -0.1) is 0 Å². The Kier molecular flexibility index (Phi) is 5.09. The van der Waals surface area contributed by atoms with Gasteiger partial charge in [-0.1, -0.05) is 19.1 Å². The van der Waals surface area contributed by atoms with Crippen molar-refractivity contribution in [3.05, 3.63) is 59.9 Å². The number of nitrogens with zero attached hydrogens (tertiary/aromatic N) is 1. The molecule has 130 valence electrons. The molecule has 4 N–H and O–H groups in total. The Bertz CT molecular complexity index is 746. The second-order valence-electron chi connectivity index (χ2n) is 6.48. The molecule has 1 fully saturated rings. The maximum Gasteiger partial charge on any atom is 0.255 e. The lowest BCUT2D eigenvalue weighted by Gasteiger charge is -2.14. The molecule has 0 bridgehead atoms. The highest BCUT2D eigenvalue weighted by molar-refractivity contribution is 6.04. The zero-order chi connectivity index (χ0) is 17.8. The highest BCUT2D eigenvalue weighted by atomic mass is 16.2. The van der Waals surface area contributed by atoms with E-state index < -0.39 is 0 Å². The minimum atomic E-state index is -0.296. The molecule has 3 unspecified atom stereocenters. The van der Waals surface area contributed by atoms with Gasteiger partial charge in [0.25, 0.3) is 5.91 Å². The highest BCUT2D eigenvalue weighted by Crippen LogP contribution is 2.37. The monoisotopic (exact) mass is 338 g/mol. The van der Waals surface area contributed by atoms with Gasteiger partial charge in [-0.25, -0.2) is 0 Å². The van der Waals surface area contributed by atoms with Crippen LogP contribution in [-0.2, 0) is 4.79 Å². The number of rotatable bonds is 6. The maximum absolute atomic E-state index is 12.2. The van der Waals surface area contributed by atoms with Crippen LogP contribution in [0.1, 0.15) is 35.3 Å². The Morgan fingerprint density at radius 1 is 1.20 bits per heavy atom. The van der Waals surface area contributed by atoms with E-state index in [1.54, 1.807) is 36.7 Å². The Hall–Kier alpha value is -2.73. The van der Waals surface area contributed by atoms with Crippen molar-refractivity contribution in [3.63, 3.8) is 0 Å². The van der Waals surface area contributed by atoms with E-state index in [0.717, 1.165) is 12.0 Å². The highest BCUT2D eigenvalue weighted by Gasteiger charge is 2.38. The van der Waals surface area contributed by atoms with Crippen molar-refractivity contribution in [2.24, 2.45) is 17.6 Å². The number of hydrogen-bond acceptors (Lipinski definition) is 4. The van der Waals surface area contributed by atoms with Gasteiger partial charge in [0.2, 0.25) is 5.91 Å². The van der Waals surface area contributed by atoms with Gasteiger partial charge in [0.05, 0.1) is 0 Å². The van der Waals surface area contributed by atoms with Gasteiger partial charge in [0.15, 0.2) is 0 Å². The number of nitrogens with one attached hydrogen (secondary N) is 2. The fourth-order valence-corrected chi connectivity index (χ4v) is 2.67. The van der Waals surface area contributed by atoms with E-state index >= 15 is 0 Å². The van der Waals surface area contributed by atoms with Crippen molar-refractivity contribution in [2.75, 3.05) is 11.9 Å².